The first-order valence-electron chi connectivity index (χ1n) is 6.12. The van der Waals surface area contributed by atoms with Crippen molar-refractivity contribution in [1.82, 2.24) is 10.2 Å². The average molecular weight is 228 g/mol. The lowest BCUT2D eigenvalue weighted by molar-refractivity contribution is -0.143. The van der Waals surface area contributed by atoms with Crippen LogP contribution in [0, 0.1) is 0 Å². The molecular formula is C12H24N2O2. The van der Waals surface area contributed by atoms with E-state index >= 15 is 0 Å². The molecule has 4 heteroatoms. The zero-order chi connectivity index (χ0) is 12.1. The Morgan fingerprint density at radius 2 is 2.25 bits per heavy atom. The van der Waals surface area contributed by atoms with Gasteiger partial charge in [0.25, 0.3) is 0 Å². The number of hydrogen-bond acceptors (Lipinski definition) is 4. The first kappa shape index (κ1) is 13.5. The lowest BCUT2D eigenvalue weighted by atomic mass is 10.2. The van der Waals surface area contributed by atoms with Crippen LogP contribution in [-0.4, -0.2) is 49.2 Å². The minimum absolute atomic E-state index is 0.159. The van der Waals surface area contributed by atoms with E-state index in [-0.39, 0.29) is 12.0 Å². The lowest BCUT2D eigenvalue weighted by Crippen LogP contribution is -2.49. The van der Waals surface area contributed by atoms with E-state index in [0.29, 0.717) is 12.1 Å². The summed E-state index contributed by atoms with van der Waals surface area (Å²) in [5.74, 6) is -0.159. The summed E-state index contributed by atoms with van der Waals surface area (Å²) in [5, 5.41) is 3.26. The molecule has 0 aromatic heterocycles. The van der Waals surface area contributed by atoms with Crippen molar-refractivity contribution in [3.63, 3.8) is 0 Å². The Bertz CT molecular complexity index is 231. The predicted octanol–water partition coefficient (Wildman–Crippen LogP) is 1.01. The molecule has 1 N–H and O–H groups in total. The van der Waals surface area contributed by atoms with Gasteiger partial charge in [-0.1, -0.05) is 13.8 Å². The van der Waals surface area contributed by atoms with Crippen molar-refractivity contribution in [1.29, 1.82) is 0 Å². The molecule has 1 rings (SSSR count). The van der Waals surface area contributed by atoms with Crippen LogP contribution in [0.4, 0.5) is 0 Å². The molecular weight excluding hydrogens is 204 g/mol. The van der Waals surface area contributed by atoms with Gasteiger partial charge in [0.1, 0.15) is 6.04 Å². The van der Waals surface area contributed by atoms with Gasteiger partial charge in [-0.15, -0.1) is 0 Å². The Balaban J connectivity index is 2.52. The fourth-order valence-electron chi connectivity index (χ4n) is 2.24. The van der Waals surface area contributed by atoms with Gasteiger partial charge in [-0.3, -0.25) is 9.69 Å². The molecule has 0 aromatic carbocycles. The number of likely N-dealkylation sites (tertiary alicyclic amines) is 1. The Morgan fingerprint density at radius 1 is 1.56 bits per heavy atom. The molecule has 2 atom stereocenters. The molecule has 1 heterocycles. The number of hydrogen-bond donors (Lipinski definition) is 1. The fourth-order valence-corrected chi connectivity index (χ4v) is 2.24. The zero-order valence-electron chi connectivity index (χ0n) is 10.8. The summed E-state index contributed by atoms with van der Waals surface area (Å²) in [5.41, 5.74) is 0. The summed E-state index contributed by atoms with van der Waals surface area (Å²) in [4.78, 5) is 14.0. The maximum atomic E-state index is 11.6. The Kier molecular flexibility index (Phi) is 5.22. The Morgan fingerprint density at radius 3 is 2.69 bits per heavy atom. The second-order valence-electron chi connectivity index (χ2n) is 4.88. The highest BCUT2D eigenvalue weighted by molar-refractivity contribution is 5.76. The van der Waals surface area contributed by atoms with Gasteiger partial charge < -0.3 is 10.1 Å². The SMILES string of the molecule is COC(=O)C(CN1CCCC1C)NC(C)C. The van der Waals surface area contributed by atoms with E-state index in [1.54, 1.807) is 0 Å². The highest BCUT2D eigenvalue weighted by Crippen LogP contribution is 2.16. The predicted molar refractivity (Wildman–Crippen MR) is 64.3 cm³/mol. The van der Waals surface area contributed by atoms with Crippen LogP contribution in [0.25, 0.3) is 0 Å². The van der Waals surface area contributed by atoms with E-state index in [1.807, 2.05) is 13.8 Å². The molecule has 1 fully saturated rings. The normalized spacial score (nSPS) is 23.7. The molecule has 0 bridgehead atoms. The molecule has 0 radical (unpaired) electrons. The molecule has 16 heavy (non-hydrogen) atoms. The van der Waals surface area contributed by atoms with E-state index in [4.69, 9.17) is 4.74 Å². The molecule has 1 aliphatic rings. The van der Waals surface area contributed by atoms with E-state index in [9.17, 15) is 4.79 Å². The van der Waals surface area contributed by atoms with Gasteiger partial charge >= 0.3 is 5.97 Å². The Labute approximate surface area is 98.3 Å². The van der Waals surface area contributed by atoms with E-state index in [1.165, 1.54) is 20.0 Å². The number of ether oxygens (including phenoxy) is 1. The number of esters is 1. The van der Waals surface area contributed by atoms with Gasteiger partial charge in [0, 0.05) is 18.6 Å². The molecule has 0 saturated carbocycles. The summed E-state index contributed by atoms with van der Waals surface area (Å²) < 4.78 is 4.83. The van der Waals surface area contributed by atoms with Crippen molar-refractivity contribution in [2.45, 2.75) is 51.7 Å². The van der Waals surface area contributed by atoms with Gasteiger partial charge in [0.2, 0.25) is 0 Å². The third-order valence-electron chi connectivity index (χ3n) is 3.13. The van der Waals surface area contributed by atoms with Gasteiger partial charge in [-0.05, 0) is 26.3 Å². The summed E-state index contributed by atoms with van der Waals surface area (Å²) in [7, 11) is 1.45. The van der Waals surface area contributed by atoms with Crippen LogP contribution in [0.3, 0.4) is 0 Å². The molecule has 94 valence electrons. The molecule has 0 aromatic rings. The minimum Gasteiger partial charge on any atom is -0.468 e. The number of carbonyl (C=O) groups is 1. The van der Waals surface area contributed by atoms with E-state index < -0.39 is 0 Å². The molecule has 0 spiro atoms. The number of rotatable bonds is 5. The average Bonchev–Trinajstić information content (AvgIpc) is 2.61. The number of carbonyl (C=O) groups excluding carboxylic acids is 1. The van der Waals surface area contributed by atoms with Crippen molar-refractivity contribution in [3.05, 3.63) is 0 Å². The first-order chi connectivity index (χ1) is 7.54. The maximum Gasteiger partial charge on any atom is 0.324 e. The Hall–Kier alpha value is -0.610. The summed E-state index contributed by atoms with van der Waals surface area (Å²) in [6.07, 6.45) is 2.46. The van der Waals surface area contributed by atoms with Crippen LogP contribution in [-0.2, 0) is 9.53 Å². The third-order valence-corrected chi connectivity index (χ3v) is 3.13. The second kappa shape index (κ2) is 6.21. The second-order valence-corrected chi connectivity index (χ2v) is 4.88. The van der Waals surface area contributed by atoms with Crippen molar-refractivity contribution in [3.8, 4) is 0 Å². The van der Waals surface area contributed by atoms with Crippen LogP contribution in [0.1, 0.15) is 33.6 Å². The minimum atomic E-state index is -0.203. The largest absolute Gasteiger partial charge is 0.468 e. The van der Waals surface area contributed by atoms with E-state index in [0.717, 1.165) is 13.1 Å². The highest BCUT2D eigenvalue weighted by Gasteiger charge is 2.27. The maximum absolute atomic E-state index is 11.6. The lowest BCUT2D eigenvalue weighted by Gasteiger charge is -2.27. The van der Waals surface area contributed by atoms with Crippen molar-refractivity contribution >= 4 is 5.97 Å². The third kappa shape index (κ3) is 3.76. The van der Waals surface area contributed by atoms with Crippen LogP contribution in [0.5, 0.6) is 0 Å². The standard InChI is InChI=1S/C12H24N2O2/c1-9(2)13-11(12(15)16-4)8-14-7-5-6-10(14)3/h9-11,13H,5-8H2,1-4H3. The number of nitrogens with zero attached hydrogens (tertiary/aromatic N) is 1. The highest BCUT2D eigenvalue weighted by atomic mass is 16.5. The number of methoxy groups -OCH3 is 1. The van der Waals surface area contributed by atoms with Crippen molar-refractivity contribution in [2.75, 3.05) is 20.2 Å². The van der Waals surface area contributed by atoms with Crippen LogP contribution < -0.4 is 5.32 Å². The van der Waals surface area contributed by atoms with Crippen LogP contribution in [0.15, 0.2) is 0 Å². The molecule has 2 unspecified atom stereocenters. The van der Waals surface area contributed by atoms with Crippen molar-refractivity contribution in [2.24, 2.45) is 0 Å². The summed E-state index contributed by atoms with van der Waals surface area (Å²) in [6.45, 7) is 8.16. The monoisotopic (exact) mass is 228 g/mol. The zero-order valence-corrected chi connectivity index (χ0v) is 10.8. The van der Waals surface area contributed by atoms with E-state index in [2.05, 4.69) is 17.1 Å². The molecule has 1 aliphatic heterocycles. The summed E-state index contributed by atoms with van der Waals surface area (Å²) >= 11 is 0. The van der Waals surface area contributed by atoms with Gasteiger partial charge in [0.15, 0.2) is 0 Å². The van der Waals surface area contributed by atoms with Crippen LogP contribution >= 0.6 is 0 Å². The molecule has 4 nitrogen and oxygen atoms in total. The van der Waals surface area contributed by atoms with Crippen molar-refractivity contribution < 1.29 is 9.53 Å². The topological polar surface area (TPSA) is 41.6 Å². The smallest absolute Gasteiger partial charge is 0.324 e. The quantitative estimate of drug-likeness (QED) is 0.713. The molecule has 1 saturated heterocycles. The number of nitrogens with one attached hydrogen (secondary N) is 1. The first-order valence-corrected chi connectivity index (χ1v) is 6.12. The molecule has 0 aliphatic carbocycles. The van der Waals surface area contributed by atoms with Gasteiger partial charge in [-0.2, -0.15) is 0 Å². The van der Waals surface area contributed by atoms with Gasteiger partial charge in [0.05, 0.1) is 7.11 Å². The molecule has 0 amide bonds. The van der Waals surface area contributed by atoms with Gasteiger partial charge in [-0.25, -0.2) is 0 Å². The van der Waals surface area contributed by atoms with Crippen LogP contribution in [0.2, 0.25) is 0 Å². The fraction of sp³-hybridized carbons (Fsp3) is 0.917. The summed E-state index contributed by atoms with van der Waals surface area (Å²) in [6, 6.07) is 0.675.